The molecule has 1 aromatic heterocycles. The molecule has 1 fully saturated rings. The molecule has 2 heterocycles. The first-order valence-corrected chi connectivity index (χ1v) is 8.79. The lowest BCUT2D eigenvalue weighted by Crippen LogP contribution is -2.49. The summed E-state index contributed by atoms with van der Waals surface area (Å²) in [4.78, 5) is 26.3. The van der Waals surface area contributed by atoms with Gasteiger partial charge in [-0.3, -0.25) is 4.79 Å². The molecule has 0 aliphatic carbocycles. The number of benzene rings is 1. The zero-order chi connectivity index (χ0) is 22.8. The number of carbonyl (C=O) groups excluding carboxylic acids is 1. The summed E-state index contributed by atoms with van der Waals surface area (Å²) < 4.78 is 80.9. The number of halogens is 6. The summed E-state index contributed by atoms with van der Waals surface area (Å²) in [5.74, 6) is -0.757. The molecule has 1 aromatic carbocycles. The number of rotatable bonds is 5. The first-order chi connectivity index (χ1) is 14.4. The molecule has 3 rings (SSSR count). The van der Waals surface area contributed by atoms with Crippen molar-refractivity contribution in [2.24, 2.45) is 0 Å². The fourth-order valence-electron chi connectivity index (χ4n) is 2.59. The number of aromatic nitrogens is 3. The highest BCUT2D eigenvalue weighted by molar-refractivity contribution is 5.82. The first kappa shape index (κ1) is 22.4. The van der Waals surface area contributed by atoms with Crippen molar-refractivity contribution in [2.45, 2.75) is 12.4 Å². The minimum atomic E-state index is -4.66. The maximum Gasteiger partial charge on any atom is 0.422 e. The Labute approximate surface area is 171 Å². The van der Waals surface area contributed by atoms with E-state index in [2.05, 4.69) is 25.0 Å². The Morgan fingerprint density at radius 2 is 1.84 bits per heavy atom. The summed E-state index contributed by atoms with van der Waals surface area (Å²) in [6.07, 6.45) is -9.26. The van der Waals surface area contributed by atoms with Gasteiger partial charge < -0.3 is 19.9 Å². The van der Waals surface area contributed by atoms with E-state index in [1.807, 2.05) is 0 Å². The Hall–Kier alpha value is -3.32. The SMILES string of the molecule is CN1CCN(c2nc(Nc3cccc(C(F)(F)F)c3)nc(OCC(F)(F)F)n2)CC1=O. The van der Waals surface area contributed by atoms with E-state index in [1.54, 1.807) is 7.05 Å². The number of hydrogen-bond donors (Lipinski definition) is 1. The predicted octanol–water partition coefficient (Wildman–Crippen LogP) is 2.85. The highest BCUT2D eigenvalue weighted by atomic mass is 19.4. The number of nitrogens with one attached hydrogen (secondary N) is 1. The Morgan fingerprint density at radius 1 is 1.10 bits per heavy atom. The van der Waals surface area contributed by atoms with Gasteiger partial charge in [-0.05, 0) is 18.2 Å². The molecular weight excluding hydrogens is 434 g/mol. The fraction of sp³-hybridized carbons (Fsp3) is 0.412. The van der Waals surface area contributed by atoms with Gasteiger partial charge in [0.2, 0.25) is 17.8 Å². The number of amides is 1. The molecule has 0 bridgehead atoms. The number of ether oxygens (including phenoxy) is 1. The second-order valence-corrected chi connectivity index (χ2v) is 6.59. The van der Waals surface area contributed by atoms with Crippen LogP contribution >= 0.6 is 0 Å². The Bertz CT molecular complexity index is 951. The summed E-state index contributed by atoms with van der Waals surface area (Å²) in [5, 5.41) is 2.51. The minimum absolute atomic E-state index is 0.0526. The van der Waals surface area contributed by atoms with Crippen LogP contribution in [0.3, 0.4) is 0 Å². The maximum atomic E-state index is 12.9. The molecule has 1 aliphatic rings. The van der Waals surface area contributed by atoms with Crippen LogP contribution in [0, 0.1) is 0 Å². The Morgan fingerprint density at radius 3 is 2.48 bits per heavy atom. The van der Waals surface area contributed by atoms with Crippen molar-refractivity contribution < 1.29 is 35.9 Å². The van der Waals surface area contributed by atoms with E-state index in [9.17, 15) is 31.1 Å². The van der Waals surface area contributed by atoms with Gasteiger partial charge in [-0.25, -0.2) is 0 Å². The lowest BCUT2D eigenvalue weighted by molar-refractivity contribution is -0.154. The van der Waals surface area contributed by atoms with E-state index >= 15 is 0 Å². The number of anilines is 3. The van der Waals surface area contributed by atoms with E-state index in [4.69, 9.17) is 0 Å². The zero-order valence-corrected chi connectivity index (χ0v) is 16.0. The van der Waals surface area contributed by atoms with Crippen molar-refractivity contribution in [3.63, 3.8) is 0 Å². The van der Waals surface area contributed by atoms with Crippen LogP contribution in [0.2, 0.25) is 0 Å². The van der Waals surface area contributed by atoms with Gasteiger partial charge in [-0.15, -0.1) is 0 Å². The van der Waals surface area contributed by atoms with E-state index in [-0.39, 0.29) is 36.6 Å². The van der Waals surface area contributed by atoms with E-state index < -0.39 is 30.5 Å². The van der Waals surface area contributed by atoms with Gasteiger partial charge in [0.05, 0.1) is 12.1 Å². The van der Waals surface area contributed by atoms with Crippen LogP contribution in [0.15, 0.2) is 24.3 Å². The van der Waals surface area contributed by atoms with Crippen molar-refractivity contribution in [2.75, 3.05) is 43.5 Å². The second-order valence-electron chi connectivity index (χ2n) is 6.59. The van der Waals surface area contributed by atoms with Crippen molar-refractivity contribution in [3.8, 4) is 6.01 Å². The molecule has 1 saturated heterocycles. The van der Waals surface area contributed by atoms with Crippen LogP contribution in [-0.2, 0) is 11.0 Å². The summed E-state index contributed by atoms with van der Waals surface area (Å²) in [6.45, 7) is -1.21. The summed E-state index contributed by atoms with van der Waals surface area (Å²) in [7, 11) is 1.59. The fourth-order valence-corrected chi connectivity index (χ4v) is 2.59. The molecule has 31 heavy (non-hydrogen) atoms. The van der Waals surface area contributed by atoms with Gasteiger partial charge in [-0.2, -0.15) is 41.3 Å². The molecule has 0 saturated carbocycles. The van der Waals surface area contributed by atoms with Crippen molar-refractivity contribution in [1.29, 1.82) is 0 Å². The van der Waals surface area contributed by atoms with Crippen LogP contribution in [0.1, 0.15) is 5.56 Å². The van der Waals surface area contributed by atoms with Crippen LogP contribution in [0.25, 0.3) is 0 Å². The normalized spacial score (nSPS) is 15.3. The highest BCUT2D eigenvalue weighted by Crippen LogP contribution is 2.31. The van der Waals surface area contributed by atoms with Crippen molar-refractivity contribution >= 4 is 23.5 Å². The van der Waals surface area contributed by atoms with E-state index in [0.717, 1.165) is 18.2 Å². The topological polar surface area (TPSA) is 83.5 Å². The summed E-state index contributed by atoms with van der Waals surface area (Å²) in [5.41, 5.74) is -0.992. The lowest BCUT2D eigenvalue weighted by Gasteiger charge is -2.32. The highest BCUT2D eigenvalue weighted by Gasteiger charge is 2.31. The molecule has 1 aliphatic heterocycles. The van der Waals surface area contributed by atoms with Gasteiger partial charge in [0, 0.05) is 25.8 Å². The number of nitrogens with zero attached hydrogens (tertiary/aromatic N) is 5. The summed E-state index contributed by atoms with van der Waals surface area (Å²) in [6, 6.07) is 3.40. The molecule has 168 valence electrons. The van der Waals surface area contributed by atoms with Crippen LogP contribution in [-0.4, -0.2) is 65.2 Å². The number of piperazine rings is 1. The van der Waals surface area contributed by atoms with Gasteiger partial charge in [0.1, 0.15) is 0 Å². The van der Waals surface area contributed by atoms with Gasteiger partial charge in [-0.1, -0.05) is 6.07 Å². The third-order valence-corrected chi connectivity index (χ3v) is 4.15. The van der Waals surface area contributed by atoms with Crippen LogP contribution in [0.4, 0.5) is 43.9 Å². The smallest absolute Gasteiger partial charge is 0.422 e. The molecular formula is C17H16F6N6O2. The molecule has 8 nitrogen and oxygen atoms in total. The molecule has 0 atom stereocenters. The van der Waals surface area contributed by atoms with Gasteiger partial charge in [0.25, 0.3) is 0 Å². The molecule has 0 radical (unpaired) electrons. The number of alkyl halides is 6. The monoisotopic (exact) mass is 450 g/mol. The number of likely N-dealkylation sites (N-methyl/N-ethyl adjacent to an activating group) is 1. The number of carbonyl (C=O) groups is 1. The van der Waals surface area contributed by atoms with Crippen LogP contribution in [0.5, 0.6) is 6.01 Å². The third kappa shape index (κ3) is 6.08. The zero-order valence-electron chi connectivity index (χ0n) is 16.0. The molecule has 1 N–H and O–H groups in total. The molecule has 0 spiro atoms. The first-order valence-electron chi connectivity index (χ1n) is 8.79. The third-order valence-electron chi connectivity index (χ3n) is 4.15. The standard InChI is InChI=1S/C17H16F6N6O2/c1-28-5-6-29(8-12(28)30)14-25-13(26-15(27-14)31-9-16(18,19)20)24-11-4-2-3-10(7-11)17(21,22)23/h2-4,7H,5-6,8-9H2,1H3,(H,24,25,26,27). The lowest BCUT2D eigenvalue weighted by atomic mass is 10.2. The molecule has 2 aromatic rings. The van der Waals surface area contributed by atoms with Crippen molar-refractivity contribution in [1.82, 2.24) is 19.9 Å². The van der Waals surface area contributed by atoms with Crippen molar-refractivity contribution in [3.05, 3.63) is 29.8 Å². The number of hydrogen-bond acceptors (Lipinski definition) is 7. The molecule has 1 amide bonds. The predicted molar refractivity (Wildman–Crippen MR) is 96.0 cm³/mol. The van der Waals surface area contributed by atoms with E-state index in [1.165, 1.54) is 15.9 Å². The molecule has 0 unspecified atom stereocenters. The Balaban J connectivity index is 1.90. The maximum absolute atomic E-state index is 12.9. The Kier molecular flexibility index (Phi) is 6.08. The van der Waals surface area contributed by atoms with Gasteiger partial charge >= 0.3 is 18.4 Å². The largest absolute Gasteiger partial charge is 0.454 e. The van der Waals surface area contributed by atoms with Crippen LogP contribution < -0.4 is 15.0 Å². The quantitative estimate of drug-likeness (QED) is 0.702. The minimum Gasteiger partial charge on any atom is -0.454 e. The average molecular weight is 450 g/mol. The summed E-state index contributed by atoms with van der Waals surface area (Å²) >= 11 is 0. The second kappa shape index (κ2) is 8.43. The van der Waals surface area contributed by atoms with E-state index in [0.29, 0.717) is 6.54 Å². The van der Waals surface area contributed by atoms with Gasteiger partial charge in [0.15, 0.2) is 6.61 Å². The molecule has 14 heteroatoms. The average Bonchev–Trinajstić information content (AvgIpc) is 2.67.